The van der Waals surface area contributed by atoms with Crippen LogP contribution in [-0.2, 0) is 0 Å². The Morgan fingerprint density at radius 2 is 2.16 bits per heavy atom. The number of ketones is 1. The fourth-order valence-electron chi connectivity index (χ4n) is 2.67. The van der Waals surface area contributed by atoms with Crippen LogP contribution in [0.3, 0.4) is 0 Å². The van der Waals surface area contributed by atoms with Crippen molar-refractivity contribution in [2.24, 2.45) is 11.8 Å². The molecular weight excluding hydrogens is 244 g/mol. The number of carbonyl (C=O) groups is 2. The number of aliphatic hydroxyl groups is 1. The number of nitrogens with one attached hydrogen (secondary N) is 2. The van der Waals surface area contributed by atoms with Crippen LogP contribution in [0, 0.1) is 11.8 Å². The number of aliphatic hydroxyl groups excluding tert-OH is 1. The molecule has 19 heavy (non-hydrogen) atoms. The minimum absolute atomic E-state index is 0.0635. The number of amides is 1. The van der Waals surface area contributed by atoms with Crippen LogP contribution < -0.4 is 5.32 Å². The summed E-state index contributed by atoms with van der Waals surface area (Å²) >= 11 is 0. The normalized spacial score (nSPS) is 22.4. The fraction of sp³-hybridized carbons (Fsp3) is 0.571. The van der Waals surface area contributed by atoms with Gasteiger partial charge in [-0.15, -0.1) is 0 Å². The van der Waals surface area contributed by atoms with Crippen LogP contribution in [0.1, 0.15) is 47.0 Å². The molecule has 1 aromatic rings. The van der Waals surface area contributed by atoms with Crippen LogP contribution in [0.15, 0.2) is 12.3 Å². The van der Waals surface area contributed by atoms with Gasteiger partial charge in [0.25, 0.3) is 5.91 Å². The summed E-state index contributed by atoms with van der Waals surface area (Å²) in [5.41, 5.74) is 0.919. The van der Waals surface area contributed by atoms with Crippen molar-refractivity contribution in [3.63, 3.8) is 0 Å². The summed E-state index contributed by atoms with van der Waals surface area (Å²) in [5, 5.41) is 12.1. The lowest BCUT2D eigenvalue weighted by Gasteiger charge is -2.17. The van der Waals surface area contributed by atoms with Crippen molar-refractivity contribution >= 4 is 11.7 Å². The van der Waals surface area contributed by atoms with Crippen molar-refractivity contribution in [2.45, 2.75) is 26.2 Å². The highest BCUT2D eigenvalue weighted by Gasteiger charge is 2.26. The number of hydrogen-bond acceptors (Lipinski definition) is 3. The van der Waals surface area contributed by atoms with Gasteiger partial charge in [-0.1, -0.05) is 6.42 Å². The Bertz CT molecular complexity index is 467. The van der Waals surface area contributed by atoms with E-state index in [9.17, 15) is 14.7 Å². The lowest BCUT2D eigenvalue weighted by atomic mass is 9.97. The Hall–Kier alpha value is -1.62. The Labute approximate surface area is 112 Å². The molecule has 0 aromatic carbocycles. The molecule has 5 nitrogen and oxygen atoms in total. The molecule has 104 valence electrons. The number of carbonyl (C=O) groups excluding carboxylic acids is 2. The molecule has 2 rings (SSSR count). The summed E-state index contributed by atoms with van der Waals surface area (Å²) < 4.78 is 0. The Morgan fingerprint density at radius 1 is 1.42 bits per heavy atom. The third kappa shape index (κ3) is 3.23. The molecule has 1 aliphatic rings. The Morgan fingerprint density at radius 3 is 2.79 bits per heavy atom. The molecule has 2 unspecified atom stereocenters. The maximum absolute atomic E-state index is 11.9. The van der Waals surface area contributed by atoms with E-state index in [1.54, 1.807) is 12.3 Å². The van der Waals surface area contributed by atoms with Gasteiger partial charge >= 0.3 is 0 Å². The second-order valence-electron chi connectivity index (χ2n) is 5.20. The third-order valence-electron chi connectivity index (χ3n) is 3.91. The third-order valence-corrected chi connectivity index (χ3v) is 3.91. The summed E-state index contributed by atoms with van der Waals surface area (Å²) in [4.78, 5) is 25.9. The van der Waals surface area contributed by atoms with E-state index in [1.807, 2.05) is 0 Å². The van der Waals surface area contributed by atoms with Gasteiger partial charge in [-0.2, -0.15) is 0 Å². The van der Waals surface area contributed by atoms with Crippen molar-refractivity contribution in [1.82, 2.24) is 10.3 Å². The standard InChI is InChI=1S/C14H20N2O3/c1-9(18)12-5-13(15-7-12)14(19)16-6-10-3-2-4-11(10)8-17/h5,7,10-11,15,17H,2-4,6,8H2,1H3,(H,16,19). The van der Waals surface area contributed by atoms with Crippen LogP contribution in [0.2, 0.25) is 0 Å². The van der Waals surface area contributed by atoms with Gasteiger partial charge in [-0.3, -0.25) is 9.59 Å². The first-order valence-electron chi connectivity index (χ1n) is 6.70. The number of H-pyrrole nitrogens is 1. The zero-order valence-electron chi connectivity index (χ0n) is 11.1. The lowest BCUT2D eigenvalue weighted by Crippen LogP contribution is -2.31. The van der Waals surface area contributed by atoms with E-state index in [2.05, 4.69) is 10.3 Å². The van der Waals surface area contributed by atoms with Crippen molar-refractivity contribution < 1.29 is 14.7 Å². The molecule has 0 radical (unpaired) electrons. The largest absolute Gasteiger partial charge is 0.396 e. The van der Waals surface area contributed by atoms with Gasteiger partial charge < -0.3 is 15.4 Å². The average molecular weight is 264 g/mol. The molecule has 1 fully saturated rings. The van der Waals surface area contributed by atoms with Gasteiger partial charge in [0.1, 0.15) is 5.69 Å². The molecule has 1 heterocycles. The van der Waals surface area contributed by atoms with E-state index in [-0.39, 0.29) is 18.3 Å². The molecule has 2 atom stereocenters. The highest BCUT2D eigenvalue weighted by molar-refractivity contribution is 5.99. The van der Waals surface area contributed by atoms with Gasteiger partial charge in [-0.25, -0.2) is 0 Å². The summed E-state index contributed by atoms with van der Waals surface area (Å²) in [7, 11) is 0. The maximum Gasteiger partial charge on any atom is 0.267 e. The molecule has 3 N–H and O–H groups in total. The zero-order chi connectivity index (χ0) is 13.8. The Balaban J connectivity index is 1.88. The van der Waals surface area contributed by atoms with Crippen LogP contribution in [0.4, 0.5) is 0 Å². The molecule has 0 bridgehead atoms. The number of rotatable bonds is 5. The van der Waals surface area contributed by atoms with Crippen LogP contribution >= 0.6 is 0 Å². The SMILES string of the molecule is CC(=O)c1c[nH]c(C(=O)NCC2CCCC2CO)c1. The fourth-order valence-corrected chi connectivity index (χ4v) is 2.67. The van der Waals surface area contributed by atoms with Crippen molar-refractivity contribution in [1.29, 1.82) is 0 Å². The van der Waals surface area contributed by atoms with E-state index >= 15 is 0 Å². The van der Waals surface area contributed by atoms with Crippen LogP contribution in [-0.4, -0.2) is 34.9 Å². The predicted octanol–water partition coefficient (Wildman–Crippen LogP) is 1.36. The number of aromatic amines is 1. The molecule has 1 aromatic heterocycles. The van der Waals surface area contributed by atoms with Crippen molar-refractivity contribution in [3.05, 3.63) is 23.5 Å². The van der Waals surface area contributed by atoms with Gasteiger partial charge in [0, 0.05) is 24.9 Å². The van der Waals surface area contributed by atoms with Gasteiger partial charge in [0.15, 0.2) is 5.78 Å². The monoisotopic (exact) mass is 264 g/mol. The van der Waals surface area contributed by atoms with Gasteiger partial charge in [0.05, 0.1) is 0 Å². The number of Topliss-reactive ketones (excluding diaryl/α,β-unsaturated/α-hetero) is 1. The van der Waals surface area contributed by atoms with Crippen LogP contribution in [0.25, 0.3) is 0 Å². The minimum Gasteiger partial charge on any atom is -0.396 e. The summed E-state index contributed by atoms with van der Waals surface area (Å²) in [5.74, 6) is 0.399. The molecule has 5 heteroatoms. The lowest BCUT2D eigenvalue weighted by molar-refractivity contribution is 0.0933. The van der Waals surface area contributed by atoms with Crippen molar-refractivity contribution in [3.8, 4) is 0 Å². The summed E-state index contributed by atoms with van der Waals surface area (Å²) in [6, 6.07) is 1.57. The highest BCUT2D eigenvalue weighted by Crippen LogP contribution is 2.30. The van der Waals surface area contributed by atoms with Crippen LogP contribution in [0.5, 0.6) is 0 Å². The van der Waals surface area contributed by atoms with Crippen molar-refractivity contribution in [2.75, 3.05) is 13.2 Å². The summed E-state index contributed by atoms with van der Waals surface area (Å²) in [6.45, 7) is 2.24. The van der Waals surface area contributed by atoms with E-state index in [0.29, 0.717) is 29.6 Å². The first kappa shape index (κ1) is 13.8. The smallest absolute Gasteiger partial charge is 0.267 e. The summed E-state index contributed by atoms with van der Waals surface area (Å²) in [6.07, 6.45) is 4.75. The minimum atomic E-state index is -0.198. The number of hydrogen-bond donors (Lipinski definition) is 3. The molecule has 1 saturated carbocycles. The molecule has 0 spiro atoms. The first-order valence-corrected chi connectivity index (χ1v) is 6.70. The van der Waals surface area contributed by atoms with E-state index in [1.165, 1.54) is 6.92 Å². The Kier molecular flexibility index (Phi) is 4.37. The molecule has 0 aliphatic heterocycles. The number of aromatic nitrogens is 1. The first-order chi connectivity index (χ1) is 9.11. The molecular formula is C14H20N2O3. The molecule has 1 aliphatic carbocycles. The topological polar surface area (TPSA) is 82.2 Å². The van der Waals surface area contributed by atoms with E-state index in [0.717, 1.165) is 19.3 Å². The van der Waals surface area contributed by atoms with Gasteiger partial charge in [0.2, 0.25) is 0 Å². The average Bonchev–Trinajstić information content (AvgIpc) is 3.04. The van der Waals surface area contributed by atoms with Gasteiger partial charge in [-0.05, 0) is 37.7 Å². The molecule has 1 amide bonds. The quantitative estimate of drug-likeness (QED) is 0.702. The predicted molar refractivity (Wildman–Crippen MR) is 71.0 cm³/mol. The molecule has 0 saturated heterocycles. The highest BCUT2D eigenvalue weighted by atomic mass is 16.3. The second kappa shape index (κ2) is 6.02. The zero-order valence-corrected chi connectivity index (χ0v) is 11.1. The van der Waals surface area contributed by atoms with E-state index < -0.39 is 0 Å². The second-order valence-corrected chi connectivity index (χ2v) is 5.20. The van der Waals surface area contributed by atoms with E-state index in [4.69, 9.17) is 0 Å². The maximum atomic E-state index is 11.9.